The van der Waals surface area contributed by atoms with E-state index in [-0.39, 0.29) is 0 Å². The van der Waals surface area contributed by atoms with Gasteiger partial charge >= 0.3 is 0 Å². The standard InChI is InChI=1S/C40H52N6S2/c1-41-19-15-37(16-20-41)5-3-35-7-11-39(12-8-35)45-27-23-43(24-28-45)31-33-47-48-34-32-44-25-29-46(30-26-44)40-13-9-36(10-14-40)4-6-38-17-21-42(2)22-18-38/h3-9,11-13,15-22H,10,14,23-34H2,1-2H3/q+2. The number of aromatic nitrogens is 2. The molecule has 2 aromatic heterocycles. The molecule has 0 saturated carbocycles. The molecule has 3 aliphatic rings. The van der Waals surface area contributed by atoms with Crippen LogP contribution < -0.4 is 14.0 Å². The molecule has 6 nitrogen and oxygen atoms in total. The lowest BCUT2D eigenvalue weighted by Crippen LogP contribution is -2.47. The maximum Gasteiger partial charge on any atom is 0.169 e. The monoisotopic (exact) mass is 680 g/mol. The Bertz CT molecular complexity index is 1550. The number of hydrogen-bond donors (Lipinski definition) is 0. The van der Waals surface area contributed by atoms with Gasteiger partial charge in [-0.3, -0.25) is 9.80 Å². The second-order valence-corrected chi connectivity index (χ2v) is 15.8. The van der Waals surface area contributed by atoms with Crippen LogP contribution in [-0.4, -0.2) is 91.7 Å². The highest BCUT2D eigenvalue weighted by molar-refractivity contribution is 8.76. The van der Waals surface area contributed by atoms with Crippen LogP contribution in [0.5, 0.6) is 0 Å². The van der Waals surface area contributed by atoms with E-state index in [4.69, 9.17) is 0 Å². The summed E-state index contributed by atoms with van der Waals surface area (Å²) in [5, 5.41) is 0. The molecule has 252 valence electrons. The third kappa shape index (κ3) is 10.6. The van der Waals surface area contributed by atoms with Gasteiger partial charge in [-0.2, -0.15) is 0 Å². The zero-order valence-corrected chi connectivity index (χ0v) is 30.4. The van der Waals surface area contributed by atoms with Gasteiger partial charge in [0.25, 0.3) is 0 Å². The molecule has 0 radical (unpaired) electrons. The highest BCUT2D eigenvalue weighted by Gasteiger charge is 2.20. The SMILES string of the molecule is C[n+]1ccc(/C=C/C2=CC=C(N3CCN(CCSSCCN4CCN(c5ccc(/C=C/c6cc[n+](C)cc6)cc5)CC4)CC3)CC2)cc1. The topological polar surface area (TPSA) is 20.7 Å². The van der Waals surface area contributed by atoms with Crippen molar-refractivity contribution in [3.8, 4) is 0 Å². The lowest BCUT2D eigenvalue weighted by Gasteiger charge is -2.38. The summed E-state index contributed by atoms with van der Waals surface area (Å²) in [6, 6.07) is 17.6. The molecule has 8 heteroatoms. The van der Waals surface area contributed by atoms with Crippen LogP contribution in [-0.2, 0) is 14.1 Å². The molecule has 6 rings (SSSR count). The molecular formula is C40H52N6S2+2. The highest BCUT2D eigenvalue weighted by atomic mass is 33.1. The minimum absolute atomic E-state index is 1.11. The number of benzene rings is 1. The van der Waals surface area contributed by atoms with E-state index in [1.54, 1.807) is 0 Å². The van der Waals surface area contributed by atoms with Crippen LogP contribution >= 0.6 is 21.6 Å². The summed E-state index contributed by atoms with van der Waals surface area (Å²) in [4.78, 5) is 10.4. The normalized spacial score (nSPS) is 18.1. The minimum atomic E-state index is 1.11. The van der Waals surface area contributed by atoms with E-state index in [0.717, 1.165) is 52.1 Å². The Labute approximate surface area is 296 Å². The van der Waals surface area contributed by atoms with Crippen LogP contribution in [0.2, 0.25) is 0 Å². The van der Waals surface area contributed by atoms with Crippen molar-refractivity contribution in [2.45, 2.75) is 12.8 Å². The van der Waals surface area contributed by atoms with Gasteiger partial charge in [-0.05, 0) is 53.3 Å². The molecule has 2 fully saturated rings. The molecule has 1 aromatic carbocycles. The largest absolute Gasteiger partial charge is 0.372 e. The van der Waals surface area contributed by atoms with E-state index in [2.05, 4.69) is 167 Å². The van der Waals surface area contributed by atoms with Gasteiger partial charge in [0.2, 0.25) is 0 Å². The van der Waals surface area contributed by atoms with Gasteiger partial charge in [-0.1, -0.05) is 64.1 Å². The Hall–Kier alpha value is -3.30. The van der Waals surface area contributed by atoms with Gasteiger partial charge in [0, 0.05) is 113 Å². The highest BCUT2D eigenvalue weighted by Crippen LogP contribution is 2.25. The van der Waals surface area contributed by atoms with Gasteiger partial charge < -0.3 is 9.80 Å². The molecule has 48 heavy (non-hydrogen) atoms. The Morgan fingerprint density at radius 3 is 1.52 bits per heavy atom. The second kappa shape index (κ2) is 17.9. The van der Waals surface area contributed by atoms with Crippen LogP contribution in [0, 0.1) is 0 Å². The van der Waals surface area contributed by atoms with Crippen molar-refractivity contribution in [3.05, 3.63) is 120 Å². The first-order valence-corrected chi connectivity index (χ1v) is 20.0. The molecule has 2 saturated heterocycles. The first-order valence-electron chi connectivity index (χ1n) is 17.5. The number of anilines is 1. The molecule has 0 atom stereocenters. The van der Waals surface area contributed by atoms with Crippen LogP contribution in [0.15, 0.2) is 103 Å². The van der Waals surface area contributed by atoms with Crippen molar-refractivity contribution in [2.75, 3.05) is 81.9 Å². The van der Waals surface area contributed by atoms with Gasteiger partial charge in [-0.15, -0.1) is 0 Å². The Morgan fingerprint density at radius 1 is 0.542 bits per heavy atom. The first kappa shape index (κ1) is 34.6. The third-order valence-electron chi connectivity index (χ3n) is 9.60. The molecule has 0 spiro atoms. The average Bonchev–Trinajstić information content (AvgIpc) is 3.14. The summed E-state index contributed by atoms with van der Waals surface area (Å²) in [6.45, 7) is 11.6. The Morgan fingerprint density at radius 2 is 1.02 bits per heavy atom. The third-order valence-corrected chi connectivity index (χ3v) is 12.0. The number of allylic oxidation sites excluding steroid dienone is 5. The van der Waals surface area contributed by atoms with E-state index in [0.29, 0.717) is 0 Å². The van der Waals surface area contributed by atoms with E-state index < -0.39 is 0 Å². The molecule has 2 aliphatic heterocycles. The molecule has 0 amide bonds. The summed E-state index contributed by atoms with van der Waals surface area (Å²) in [5.41, 5.74) is 8.00. The fourth-order valence-electron chi connectivity index (χ4n) is 6.42. The predicted octanol–water partition coefficient (Wildman–Crippen LogP) is 5.94. The first-order chi connectivity index (χ1) is 23.6. The van der Waals surface area contributed by atoms with Crippen molar-refractivity contribution in [3.63, 3.8) is 0 Å². The maximum absolute atomic E-state index is 2.66. The molecule has 4 heterocycles. The van der Waals surface area contributed by atoms with Crippen molar-refractivity contribution < 1.29 is 9.13 Å². The Kier molecular flexibility index (Phi) is 12.9. The van der Waals surface area contributed by atoms with Crippen molar-refractivity contribution in [1.82, 2.24) is 14.7 Å². The molecular weight excluding hydrogens is 629 g/mol. The number of pyridine rings is 2. The molecule has 0 unspecified atom stereocenters. The lowest BCUT2D eigenvalue weighted by molar-refractivity contribution is -0.671. The fraction of sp³-hybridized carbons (Fsp3) is 0.400. The van der Waals surface area contributed by atoms with Crippen LogP contribution in [0.3, 0.4) is 0 Å². The average molecular weight is 681 g/mol. The van der Waals surface area contributed by atoms with E-state index in [1.165, 1.54) is 71.3 Å². The number of aryl methyl sites for hydroxylation is 2. The van der Waals surface area contributed by atoms with Gasteiger partial charge in [0.05, 0.1) is 0 Å². The van der Waals surface area contributed by atoms with Gasteiger partial charge in [0.15, 0.2) is 24.8 Å². The number of rotatable bonds is 13. The molecule has 3 aromatic rings. The second-order valence-electron chi connectivity index (χ2n) is 13.1. The van der Waals surface area contributed by atoms with Crippen LogP contribution in [0.25, 0.3) is 18.2 Å². The van der Waals surface area contributed by atoms with Crippen molar-refractivity contribution >= 4 is 45.5 Å². The van der Waals surface area contributed by atoms with E-state index in [1.807, 2.05) is 7.05 Å². The lowest BCUT2D eigenvalue weighted by atomic mass is 10.00. The summed E-state index contributed by atoms with van der Waals surface area (Å²) in [5.74, 6) is 2.43. The smallest absolute Gasteiger partial charge is 0.169 e. The summed E-state index contributed by atoms with van der Waals surface area (Å²) in [7, 11) is 8.22. The van der Waals surface area contributed by atoms with E-state index >= 15 is 0 Å². The summed E-state index contributed by atoms with van der Waals surface area (Å²) >= 11 is 0. The summed E-state index contributed by atoms with van der Waals surface area (Å²) in [6.07, 6.45) is 24.2. The van der Waals surface area contributed by atoms with Crippen molar-refractivity contribution in [1.29, 1.82) is 0 Å². The molecule has 0 bridgehead atoms. The quantitative estimate of drug-likeness (QED) is 0.126. The minimum Gasteiger partial charge on any atom is -0.372 e. The molecule has 1 aliphatic carbocycles. The zero-order chi connectivity index (χ0) is 33.0. The van der Waals surface area contributed by atoms with E-state index in [9.17, 15) is 0 Å². The van der Waals surface area contributed by atoms with Crippen molar-refractivity contribution in [2.24, 2.45) is 14.1 Å². The Balaban J connectivity index is 0.806. The van der Waals surface area contributed by atoms with Crippen LogP contribution in [0.1, 0.15) is 29.5 Å². The number of hydrogen-bond acceptors (Lipinski definition) is 6. The zero-order valence-electron chi connectivity index (χ0n) is 28.8. The molecule has 0 N–H and O–H groups in total. The number of piperazine rings is 2. The predicted molar refractivity (Wildman–Crippen MR) is 207 cm³/mol. The van der Waals surface area contributed by atoms with Crippen LogP contribution in [0.4, 0.5) is 5.69 Å². The number of nitrogens with zero attached hydrogens (tertiary/aromatic N) is 6. The van der Waals surface area contributed by atoms with Gasteiger partial charge in [-0.25, -0.2) is 9.13 Å². The maximum atomic E-state index is 2.66. The fourth-order valence-corrected chi connectivity index (χ4v) is 8.48. The summed E-state index contributed by atoms with van der Waals surface area (Å²) < 4.78 is 4.13. The van der Waals surface area contributed by atoms with Gasteiger partial charge in [0.1, 0.15) is 14.1 Å².